The SMILES string of the molecule is Cc1cccc([Si](c2cccc(C)c2)=[Zr]([C]2=CC=CC2)[c]2c3c(cc(C(C)(C)C)c2-c2ccccc2)-c2cc(C(C)(C)C)c(-c4ccccc4)cc2C3)c1.Cl.Cl. The van der Waals surface area contributed by atoms with E-state index in [9.17, 15) is 0 Å². The Labute approximate surface area is 356 Å². The monoisotopic (exact) mass is 866 g/mol. The quantitative estimate of drug-likeness (QED) is 0.146. The second-order valence-electron chi connectivity index (χ2n) is 17.5. The first-order valence-electron chi connectivity index (χ1n) is 19.6. The van der Waals surface area contributed by atoms with Crippen molar-refractivity contribution in [2.75, 3.05) is 0 Å². The molecule has 0 nitrogen and oxygen atoms in total. The molecule has 6 aromatic rings. The van der Waals surface area contributed by atoms with Gasteiger partial charge in [0.25, 0.3) is 0 Å². The van der Waals surface area contributed by atoms with Gasteiger partial charge in [-0.2, -0.15) is 0 Å². The van der Waals surface area contributed by atoms with E-state index in [1.54, 1.807) is 22.5 Å². The van der Waals surface area contributed by atoms with Gasteiger partial charge in [-0.05, 0) is 0 Å². The number of benzene rings is 6. The second-order valence-corrected chi connectivity index (χ2v) is 30.7. The molecule has 0 fully saturated rings. The zero-order chi connectivity index (χ0) is 37.8. The molecule has 284 valence electrons. The number of hydrogen-bond acceptors (Lipinski definition) is 0. The van der Waals surface area contributed by atoms with Gasteiger partial charge in [0.1, 0.15) is 0 Å². The van der Waals surface area contributed by atoms with Gasteiger partial charge in [0, 0.05) is 0 Å². The van der Waals surface area contributed by atoms with E-state index in [1.165, 1.54) is 61.2 Å². The zero-order valence-corrected chi connectivity index (χ0v) is 39.2. The molecule has 0 aliphatic heterocycles. The Morgan fingerprint density at radius 3 is 1.62 bits per heavy atom. The number of aryl methyl sites for hydroxylation is 2. The second kappa shape index (κ2) is 16.8. The van der Waals surface area contributed by atoms with E-state index < -0.39 is 25.8 Å². The summed E-state index contributed by atoms with van der Waals surface area (Å²) in [5, 5.41) is 3.14. The molecule has 0 saturated carbocycles. The summed E-state index contributed by atoms with van der Waals surface area (Å²) in [5.74, 6) is 0. The molecule has 6 aromatic carbocycles. The standard InChI is InChI=1S/C33H33.C14H14Si.C5H5.2ClH.Zr/c1-32(2,3)30-20-26-24(18-28(30)22-13-9-7-10-14-22)17-25-19-29(23-15-11-8-12-16-23)31(21-27(25)26)33(4,5)6;1-11-5-3-7-13(9-11)15-14-8-4-6-12(2)10-14;1-2-4-5-3-1;;;/h7-16,18,20-21H,17H2,1-6H3;3-10H,1-2H3;1-3H,4H2;2*1H;. The van der Waals surface area contributed by atoms with E-state index in [0.29, 0.717) is 0 Å². The van der Waals surface area contributed by atoms with Gasteiger partial charge in [0.15, 0.2) is 0 Å². The maximum absolute atomic E-state index is 2.86. The van der Waals surface area contributed by atoms with Crippen molar-refractivity contribution < 1.29 is 20.4 Å². The molecule has 0 heterocycles. The average molecular weight is 869 g/mol. The molecule has 0 unspecified atom stereocenters. The Bertz CT molecular complexity index is 2460. The van der Waals surface area contributed by atoms with Crippen molar-refractivity contribution >= 4 is 43.9 Å². The van der Waals surface area contributed by atoms with Crippen molar-refractivity contribution in [3.05, 3.63) is 182 Å². The largest absolute Gasteiger partial charge is 0.147 e. The van der Waals surface area contributed by atoms with Crippen LogP contribution in [0, 0.1) is 13.8 Å². The van der Waals surface area contributed by atoms with Crippen LogP contribution in [0.3, 0.4) is 0 Å². The molecule has 0 saturated heterocycles. The topological polar surface area (TPSA) is 0 Å². The molecule has 0 radical (unpaired) electrons. The molecule has 0 aromatic heterocycles. The van der Waals surface area contributed by atoms with Crippen LogP contribution in [0.25, 0.3) is 33.4 Å². The van der Waals surface area contributed by atoms with Crippen LogP contribution in [-0.4, -0.2) is 5.43 Å². The van der Waals surface area contributed by atoms with Gasteiger partial charge in [0.05, 0.1) is 0 Å². The Balaban J connectivity index is 0.00000266. The summed E-state index contributed by atoms with van der Waals surface area (Å²) >= 11 is -2.86. The van der Waals surface area contributed by atoms with Gasteiger partial charge >= 0.3 is 334 Å². The Morgan fingerprint density at radius 1 is 0.554 bits per heavy atom. The first kappa shape index (κ1) is 42.1. The van der Waals surface area contributed by atoms with Gasteiger partial charge in [-0.25, -0.2) is 0 Å². The smallest absolute Gasteiger partial charge is 0.147 e. The third kappa shape index (κ3) is 8.11. The van der Waals surface area contributed by atoms with E-state index in [4.69, 9.17) is 0 Å². The molecular weight excluding hydrogens is 815 g/mol. The molecule has 2 aliphatic carbocycles. The van der Waals surface area contributed by atoms with Crippen LogP contribution in [0.4, 0.5) is 0 Å². The maximum Gasteiger partial charge on any atom is -0.147 e. The van der Waals surface area contributed by atoms with Gasteiger partial charge in [-0.1, -0.05) is 0 Å². The van der Waals surface area contributed by atoms with Crippen molar-refractivity contribution in [1.82, 2.24) is 0 Å². The van der Waals surface area contributed by atoms with Crippen molar-refractivity contribution in [3.8, 4) is 33.4 Å². The van der Waals surface area contributed by atoms with Crippen molar-refractivity contribution in [2.45, 2.75) is 79.1 Å². The number of allylic oxidation sites excluding steroid dienone is 4. The molecular formula is C52H54Cl2SiZr. The van der Waals surface area contributed by atoms with E-state index in [-0.39, 0.29) is 35.6 Å². The molecule has 0 spiro atoms. The minimum atomic E-state index is -2.86. The molecule has 0 bridgehead atoms. The van der Waals surface area contributed by atoms with Crippen molar-refractivity contribution in [1.29, 1.82) is 0 Å². The fraction of sp³-hybridized carbons (Fsp3) is 0.231. The molecule has 2 aliphatic rings. The minimum absolute atomic E-state index is 0. The van der Waals surface area contributed by atoms with Crippen LogP contribution < -0.4 is 13.6 Å². The Hall–Kier alpha value is -3.52. The normalized spacial score (nSPS) is 13.0. The minimum Gasteiger partial charge on any atom is -0.147 e. The maximum atomic E-state index is 2.63. The molecule has 0 N–H and O–H groups in total. The van der Waals surface area contributed by atoms with Crippen LogP contribution in [0.2, 0.25) is 0 Å². The number of fused-ring (bicyclic) bond motifs is 3. The fourth-order valence-corrected chi connectivity index (χ4v) is 29.8. The van der Waals surface area contributed by atoms with Crippen LogP contribution in [0.5, 0.6) is 0 Å². The number of rotatable bonds is 6. The number of halogens is 2. The molecule has 8 rings (SSSR count). The van der Waals surface area contributed by atoms with E-state index in [0.717, 1.165) is 12.8 Å². The van der Waals surface area contributed by atoms with Crippen LogP contribution in [0.15, 0.2) is 149 Å². The van der Waals surface area contributed by atoms with Crippen LogP contribution in [-0.2, 0) is 37.6 Å². The summed E-state index contributed by atoms with van der Waals surface area (Å²) < 4.78 is 3.48. The van der Waals surface area contributed by atoms with Gasteiger partial charge in [0.2, 0.25) is 0 Å². The summed E-state index contributed by atoms with van der Waals surface area (Å²) in [6.45, 7) is 19.0. The number of hydrogen-bond donors (Lipinski definition) is 0. The van der Waals surface area contributed by atoms with E-state index >= 15 is 0 Å². The Kier molecular flexibility index (Phi) is 12.6. The van der Waals surface area contributed by atoms with Crippen LogP contribution >= 0.6 is 24.8 Å². The van der Waals surface area contributed by atoms with Crippen LogP contribution in [0.1, 0.15) is 81.3 Å². The molecule has 4 heteroatoms. The fourth-order valence-electron chi connectivity index (χ4n) is 8.76. The predicted molar refractivity (Wildman–Crippen MR) is 246 cm³/mol. The van der Waals surface area contributed by atoms with Crippen molar-refractivity contribution in [2.24, 2.45) is 0 Å². The van der Waals surface area contributed by atoms with Gasteiger partial charge in [-0.3, -0.25) is 0 Å². The predicted octanol–water partition coefficient (Wildman–Crippen LogP) is 12.5. The van der Waals surface area contributed by atoms with Gasteiger partial charge in [-0.15, -0.1) is 24.8 Å². The third-order valence-corrected chi connectivity index (χ3v) is 30.0. The molecule has 56 heavy (non-hydrogen) atoms. The summed E-state index contributed by atoms with van der Waals surface area (Å²) in [6, 6.07) is 49.5. The van der Waals surface area contributed by atoms with Gasteiger partial charge < -0.3 is 0 Å². The molecule has 0 atom stereocenters. The summed E-state index contributed by atoms with van der Waals surface area (Å²) in [7, 11) is 0. The average Bonchev–Trinajstić information content (AvgIpc) is 3.81. The van der Waals surface area contributed by atoms with Crippen molar-refractivity contribution in [3.63, 3.8) is 0 Å². The molecule has 0 amide bonds. The first-order chi connectivity index (χ1) is 25.9. The third-order valence-electron chi connectivity index (χ3n) is 11.3. The summed E-state index contributed by atoms with van der Waals surface area (Å²) in [5.41, 5.74) is 16.0. The summed E-state index contributed by atoms with van der Waals surface area (Å²) in [6.07, 6.45) is 9.38. The zero-order valence-electron chi connectivity index (χ0n) is 34.1. The first-order valence-corrected chi connectivity index (χ1v) is 27.3. The van der Waals surface area contributed by atoms with E-state index in [1.807, 2.05) is 0 Å². The van der Waals surface area contributed by atoms with E-state index in [2.05, 4.69) is 201 Å². The summed E-state index contributed by atoms with van der Waals surface area (Å²) in [4.78, 5) is 0. The Morgan fingerprint density at radius 2 is 1.11 bits per heavy atom.